The molecule has 0 aromatic carbocycles. The summed E-state index contributed by atoms with van der Waals surface area (Å²) in [6.45, 7) is 2.20. The second kappa shape index (κ2) is 4.68. The highest BCUT2D eigenvalue weighted by Crippen LogP contribution is 2.17. The number of aryl methyl sites for hydroxylation is 1. The number of rotatable bonds is 3. The third-order valence-electron chi connectivity index (χ3n) is 1.80. The fraction of sp³-hybridized carbons (Fsp3) is 0.200. The zero-order valence-corrected chi connectivity index (χ0v) is 9.36. The van der Waals surface area contributed by atoms with Gasteiger partial charge < -0.3 is 4.74 Å². The van der Waals surface area contributed by atoms with Crippen molar-refractivity contribution in [1.29, 1.82) is 5.26 Å². The lowest BCUT2D eigenvalue weighted by molar-refractivity contribution is 0.297. The molecule has 0 aliphatic heterocycles. The van der Waals surface area contributed by atoms with Crippen LogP contribution >= 0.6 is 11.3 Å². The second-order valence-corrected chi connectivity index (χ2v) is 4.17. The van der Waals surface area contributed by atoms with Crippen molar-refractivity contribution < 1.29 is 4.74 Å². The van der Waals surface area contributed by atoms with Crippen molar-refractivity contribution in [2.75, 3.05) is 0 Å². The summed E-state index contributed by atoms with van der Waals surface area (Å²) in [6, 6.07) is 5.47. The molecule has 2 rings (SSSR count). The molecule has 6 heteroatoms. The van der Waals surface area contributed by atoms with Crippen LogP contribution in [0.3, 0.4) is 0 Å². The van der Waals surface area contributed by atoms with Crippen molar-refractivity contribution in [1.82, 2.24) is 15.2 Å². The molecule has 2 aromatic heterocycles. The Morgan fingerprint density at radius 2 is 2.31 bits per heavy atom. The van der Waals surface area contributed by atoms with E-state index in [1.807, 2.05) is 13.0 Å². The van der Waals surface area contributed by atoms with Gasteiger partial charge in [0.2, 0.25) is 0 Å². The molecule has 0 amide bonds. The summed E-state index contributed by atoms with van der Waals surface area (Å²) in [5.74, 6) is 0. The molecular formula is C10H8N4OS. The molecule has 0 saturated carbocycles. The van der Waals surface area contributed by atoms with Gasteiger partial charge in [-0.15, -0.1) is 10.2 Å². The van der Waals surface area contributed by atoms with Crippen molar-refractivity contribution in [2.24, 2.45) is 0 Å². The highest BCUT2D eigenvalue weighted by atomic mass is 32.1. The summed E-state index contributed by atoms with van der Waals surface area (Å²) in [7, 11) is 0. The third-order valence-corrected chi connectivity index (χ3v) is 2.56. The number of aromatic nitrogens is 3. The molecule has 80 valence electrons. The summed E-state index contributed by atoms with van der Waals surface area (Å²) >= 11 is 1.39. The van der Waals surface area contributed by atoms with Crippen molar-refractivity contribution in [3.63, 3.8) is 0 Å². The van der Waals surface area contributed by atoms with E-state index in [1.165, 1.54) is 17.5 Å². The zero-order chi connectivity index (χ0) is 11.4. The number of nitriles is 1. The zero-order valence-electron chi connectivity index (χ0n) is 8.54. The summed E-state index contributed by atoms with van der Waals surface area (Å²) in [5, 5.41) is 17.7. The molecule has 0 aliphatic rings. The normalized spacial score (nSPS) is 9.75. The number of nitrogens with zero attached hydrogens (tertiary/aromatic N) is 4. The number of hydrogen-bond donors (Lipinski definition) is 0. The molecule has 0 atom stereocenters. The van der Waals surface area contributed by atoms with Gasteiger partial charge in [0.15, 0.2) is 0 Å². The van der Waals surface area contributed by atoms with E-state index in [9.17, 15) is 0 Å². The fourth-order valence-corrected chi connectivity index (χ4v) is 1.58. The summed E-state index contributed by atoms with van der Waals surface area (Å²) in [4.78, 5) is 4.08. The molecule has 0 bridgehead atoms. The minimum Gasteiger partial charge on any atom is -0.462 e. The smallest absolute Gasteiger partial charge is 0.294 e. The van der Waals surface area contributed by atoms with Crippen LogP contribution in [0.2, 0.25) is 0 Å². The van der Waals surface area contributed by atoms with Gasteiger partial charge in [-0.25, -0.2) is 0 Å². The first-order valence-electron chi connectivity index (χ1n) is 4.56. The van der Waals surface area contributed by atoms with Crippen LogP contribution in [0, 0.1) is 18.3 Å². The van der Waals surface area contributed by atoms with Gasteiger partial charge in [0, 0.05) is 6.20 Å². The van der Waals surface area contributed by atoms with E-state index in [0.717, 1.165) is 10.7 Å². The van der Waals surface area contributed by atoms with Gasteiger partial charge in [-0.1, -0.05) is 11.3 Å². The lowest BCUT2D eigenvalue weighted by Gasteiger charge is -2.00. The quantitative estimate of drug-likeness (QED) is 0.805. The standard InChI is InChI=1S/C10H8N4OS/c1-7-13-14-10(16-7)15-6-9-3-2-8(4-11)5-12-9/h2-3,5H,6H2,1H3. The number of ether oxygens (including phenoxy) is 1. The van der Waals surface area contributed by atoms with Gasteiger partial charge in [-0.05, 0) is 19.1 Å². The Bertz CT molecular complexity index is 514. The Hall–Kier alpha value is -2.00. The van der Waals surface area contributed by atoms with Crippen LogP contribution in [0.25, 0.3) is 0 Å². The Morgan fingerprint density at radius 3 is 2.88 bits per heavy atom. The predicted molar refractivity (Wildman–Crippen MR) is 57.9 cm³/mol. The Balaban J connectivity index is 1.97. The topological polar surface area (TPSA) is 71.7 Å². The Kier molecular flexibility index (Phi) is 3.08. The predicted octanol–water partition coefficient (Wildman–Crippen LogP) is 1.69. The van der Waals surface area contributed by atoms with Crippen LogP contribution in [-0.4, -0.2) is 15.2 Å². The minimum atomic E-state index is 0.334. The molecule has 0 unspecified atom stereocenters. The lowest BCUT2D eigenvalue weighted by Crippen LogP contribution is -1.97. The number of pyridine rings is 1. The maximum atomic E-state index is 8.60. The van der Waals surface area contributed by atoms with E-state index in [2.05, 4.69) is 15.2 Å². The molecular weight excluding hydrogens is 224 g/mol. The highest BCUT2D eigenvalue weighted by molar-refractivity contribution is 7.12. The first kappa shape index (κ1) is 10.5. The number of hydrogen-bond acceptors (Lipinski definition) is 6. The van der Waals surface area contributed by atoms with Gasteiger partial charge in [-0.2, -0.15) is 5.26 Å². The van der Waals surface area contributed by atoms with Crippen LogP contribution < -0.4 is 4.74 Å². The lowest BCUT2D eigenvalue weighted by atomic mass is 10.3. The van der Waals surface area contributed by atoms with Crippen LogP contribution in [-0.2, 0) is 6.61 Å². The van der Waals surface area contributed by atoms with Crippen LogP contribution in [0.4, 0.5) is 0 Å². The van der Waals surface area contributed by atoms with Gasteiger partial charge in [0.1, 0.15) is 17.7 Å². The van der Waals surface area contributed by atoms with E-state index < -0.39 is 0 Å². The maximum Gasteiger partial charge on any atom is 0.294 e. The maximum absolute atomic E-state index is 8.60. The summed E-state index contributed by atoms with van der Waals surface area (Å²) < 4.78 is 5.39. The molecule has 0 N–H and O–H groups in total. The molecule has 0 fully saturated rings. The molecule has 0 aliphatic carbocycles. The minimum absolute atomic E-state index is 0.334. The average molecular weight is 232 g/mol. The van der Waals surface area contributed by atoms with Crippen molar-refractivity contribution in [3.05, 3.63) is 34.6 Å². The van der Waals surface area contributed by atoms with Crippen LogP contribution in [0.15, 0.2) is 18.3 Å². The molecule has 2 aromatic rings. The van der Waals surface area contributed by atoms with Gasteiger partial charge in [-0.3, -0.25) is 4.98 Å². The monoisotopic (exact) mass is 232 g/mol. The van der Waals surface area contributed by atoms with E-state index >= 15 is 0 Å². The van der Waals surface area contributed by atoms with Crippen molar-refractivity contribution >= 4 is 11.3 Å². The fourth-order valence-electron chi connectivity index (χ4n) is 1.05. The molecule has 0 saturated heterocycles. The first-order valence-corrected chi connectivity index (χ1v) is 5.37. The van der Waals surface area contributed by atoms with Gasteiger partial charge in [0.05, 0.1) is 11.3 Å². The van der Waals surface area contributed by atoms with Gasteiger partial charge in [0.25, 0.3) is 5.19 Å². The van der Waals surface area contributed by atoms with Crippen LogP contribution in [0.1, 0.15) is 16.3 Å². The van der Waals surface area contributed by atoms with Crippen molar-refractivity contribution in [2.45, 2.75) is 13.5 Å². The largest absolute Gasteiger partial charge is 0.462 e. The Morgan fingerprint density at radius 1 is 1.44 bits per heavy atom. The van der Waals surface area contributed by atoms with E-state index in [0.29, 0.717) is 17.4 Å². The molecule has 0 radical (unpaired) electrons. The van der Waals surface area contributed by atoms with E-state index in [-0.39, 0.29) is 0 Å². The molecule has 2 heterocycles. The van der Waals surface area contributed by atoms with E-state index in [4.69, 9.17) is 10.00 Å². The second-order valence-electron chi connectivity index (χ2n) is 3.03. The SMILES string of the molecule is Cc1nnc(OCc2ccc(C#N)cn2)s1. The average Bonchev–Trinajstić information content (AvgIpc) is 2.73. The van der Waals surface area contributed by atoms with Gasteiger partial charge >= 0.3 is 0 Å². The summed E-state index contributed by atoms with van der Waals surface area (Å²) in [6.07, 6.45) is 1.52. The summed E-state index contributed by atoms with van der Waals surface area (Å²) in [5.41, 5.74) is 1.29. The molecule has 0 spiro atoms. The van der Waals surface area contributed by atoms with E-state index in [1.54, 1.807) is 12.1 Å². The van der Waals surface area contributed by atoms with Crippen LogP contribution in [0.5, 0.6) is 5.19 Å². The van der Waals surface area contributed by atoms with Crippen molar-refractivity contribution in [3.8, 4) is 11.3 Å². The molecule has 16 heavy (non-hydrogen) atoms. The first-order chi connectivity index (χ1) is 7.78. The Labute approximate surface area is 96.4 Å². The third kappa shape index (κ3) is 2.52. The molecule has 5 nitrogen and oxygen atoms in total. The highest BCUT2D eigenvalue weighted by Gasteiger charge is 2.02.